The van der Waals surface area contributed by atoms with Crippen molar-refractivity contribution in [2.75, 3.05) is 38.5 Å². The average Bonchev–Trinajstić information content (AvgIpc) is 2.46. The third-order valence-electron chi connectivity index (χ3n) is 4.59. The summed E-state index contributed by atoms with van der Waals surface area (Å²) in [6.45, 7) is 6.70. The summed E-state index contributed by atoms with van der Waals surface area (Å²) in [7, 11) is -3.12. The molecule has 20 heavy (non-hydrogen) atoms. The Morgan fingerprint density at radius 3 is 2.70 bits per heavy atom. The molecule has 2 fully saturated rings. The molecule has 118 valence electrons. The fraction of sp³-hybridized carbons (Fsp3) is 1.00. The second-order valence-corrected chi connectivity index (χ2v) is 8.04. The van der Waals surface area contributed by atoms with Gasteiger partial charge >= 0.3 is 0 Å². The van der Waals surface area contributed by atoms with E-state index in [0.717, 1.165) is 45.4 Å². The van der Waals surface area contributed by atoms with Gasteiger partial charge in [-0.25, -0.2) is 13.1 Å². The topological polar surface area (TPSA) is 61.4 Å². The first-order chi connectivity index (χ1) is 9.59. The highest BCUT2D eigenvalue weighted by Gasteiger charge is 2.25. The average molecular weight is 303 g/mol. The molecule has 2 unspecified atom stereocenters. The molecule has 1 saturated carbocycles. The summed E-state index contributed by atoms with van der Waals surface area (Å²) in [5.74, 6) is 0.935. The summed E-state index contributed by atoms with van der Waals surface area (Å²) >= 11 is 0. The zero-order valence-electron chi connectivity index (χ0n) is 12.6. The second kappa shape index (κ2) is 7.73. The minimum atomic E-state index is -3.12. The van der Waals surface area contributed by atoms with Gasteiger partial charge in [0.05, 0.1) is 5.75 Å². The van der Waals surface area contributed by atoms with Gasteiger partial charge in [-0.3, -0.25) is 4.90 Å². The Balaban J connectivity index is 1.75. The van der Waals surface area contributed by atoms with E-state index in [1.165, 1.54) is 12.8 Å². The fourth-order valence-electron chi connectivity index (χ4n) is 3.27. The van der Waals surface area contributed by atoms with Gasteiger partial charge in [0.15, 0.2) is 0 Å². The molecule has 0 amide bonds. The van der Waals surface area contributed by atoms with Crippen LogP contribution in [0.25, 0.3) is 0 Å². The SMILES string of the molecule is CCC1CCCC(NS(=O)(=O)CCN2CCNCC2)C1. The molecule has 6 heteroatoms. The predicted molar refractivity (Wildman–Crippen MR) is 82.3 cm³/mol. The van der Waals surface area contributed by atoms with Crippen LogP contribution in [0.1, 0.15) is 39.0 Å². The largest absolute Gasteiger partial charge is 0.314 e. The maximum atomic E-state index is 12.2. The van der Waals surface area contributed by atoms with Gasteiger partial charge in [0.25, 0.3) is 0 Å². The molecule has 0 aromatic rings. The smallest absolute Gasteiger partial charge is 0.213 e. The summed E-state index contributed by atoms with van der Waals surface area (Å²) in [6.07, 6.45) is 5.60. The molecule has 5 nitrogen and oxygen atoms in total. The van der Waals surface area contributed by atoms with E-state index in [4.69, 9.17) is 0 Å². The van der Waals surface area contributed by atoms with Gasteiger partial charge in [0, 0.05) is 38.8 Å². The number of sulfonamides is 1. The lowest BCUT2D eigenvalue weighted by atomic mass is 9.85. The van der Waals surface area contributed by atoms with Crippen molar-refractivity contribution in [1.82, 2.24) is 14.9 Å². The summed E-state index contributed by atoms with van der Waals surface area (Å²) in [4.78, 5) is 2.23. The fourth-order valence-corrected chi connectivity index (χ4v) is 4.60. The molecule has 2 rings (SSSR count). The van der Waals surface area contributed by atoms with E-state index in [1.807, 2.05) is 0 Å². The molecule has 0 spiro atoms. The summed E-state index contributed by atoms with van der Waals surface area (Å²) in [5, 5.41) is 3.28. The molecular formula is C14H29N3O2S. The van der Waals surface area contributed by atoms with Crippen molar-refractivity contribution in [2.45, 2.75) is 45.1 Å². The minimum Gasteiger partial charge on any atom is -0.314 e. The van der Waals surface area contributed by atoms with Gasteiger partial charge in [-0.15, -0.1) is 0 Å². The van der Waals surface area contributed by atoms with Crippen LogP contribution in [0.4, 0.5) is 0 Å². The number of nitrogens with one attached hydrogen (secondary N) is 2. The second-order valence-electron chi connectivity index (χ2n) is 6.17. The lowest BCUT2D eigenvalue weighted by molar-refractivity contribution is 0.253. The van der Waals surface area contributed by atoms with Crippen molar-refractivity contribution in [2.24, 2.45) is 5.92 Å². The number of hydrogen-bond donors (Lipinski definition) is 2. The molecule has 1 aliphatic carbocycles. The molecule has 1 heterocycles. The number of hydrogen-bond acceptors (Lipinski definition) is 4. The first kappa shape index (κ1) is 16.2. The monoisotopic (exact) mass is 303 g/mol. The van der Waals surface area contributed by atoms with E-state index in [-0.39, 0.29) is 11.8 Å². The van der Waals surface area contributed by atoms with E-state index in [2.05, 4.69) is 21.9 Å². The van der Waals surface area contributed by atoms with Gasteiger partial charge in [0.1, 0.15) is 0 Å². The van der Waals surface area contributed by atoms with Gasteiger partial charge in [-0.1, -0.05) is 26.2 Å². The van der Waals surface area contributed by atoms with Crippen LogP contribution in [-0.2, 0) is 10.0 Å². The van der Waals surface area contributed by atoms with E-state index in [0.29, 0.717) is 12.5 Å². The van der Waals surface area contributed by atoms with Crippen LogP contribution in [0.5, 0.6) is 0 Å². The molecule has 2 atom stereocenters. The Morgan fingerprint density at radius 1 is 1.25 bits per heavy atom. The van der Waals surface area contributed by atoms with Gasteiger partial charge in [-0.2, -0.15) is 0 Å². The molecule has 0 aromatic carbocycles. The van der Waals surface area contributed by atoms with Crippen molar-refractivity contribution in [3.63, 3.8) is 0 Å². The molecule has 0 bridgehead atoms. The molecule has 1 aliphatic heterocycles. The minimum absolute atomic E-state index is 0.168. The van der Waals surface area contributed by atoms with E-state index < -0.39 is 10.0 Å². The van der Waals surface area contributed by atoms with E-state index in [1.54, 1.807) is 0 Å². The van der Waals surface area contributed by atoms with Gasteiger partial charge in [0.2, 0.25) is 10.0 Å². The maximum Gasteiger partial charge on any atom is 0.213 e. The quantitative estimate of drug-likeness (QED) is 0.761. The Bertz CT molecular complexity index is 380. The summed E-state index contributed by atoms with van der Waals surface area (Å²) in [6, 6.07) is 0.168. The predicted octanol–water partition coefficient (Wildman–Crippen LogP) is 0.780. The standard InChI is InChI=1S/C14H29N3O2S/c1-2-13-4-3-5-14(12-13)16-20(18,19)11-10-17-8-6-15-7-9-17/h13-16H,2-12H2,1H3. The maximum absolute atomic E-state index is 12.2. The normalized spacial score (nSPS) is 29.4. The van der Waals surface area contributed by atoms with Crippen molar-refractivity contribution in [3.05, 3.63) is 0 Å². The molecule has 2 N–H and O–H groups in total. The van der Waals surface area contributed by atoms with Crippen molar-refractivity contribution in [1.29, 1.82) is 0 Å². The Labute approximate surface area is 123 Å². The lowest BCUT2D eigenvalue weighted by Crippen LogP contribution is -2.47. The highest BCUT2D eigenvalue weighted by atomic mass is 32.2. The van der Waals surface area contributed by atoms with Crippen LogP contribution in [0, 0.1) is 5.92 Å². The van der Waals surface area contributed by atoms with Crippen LogP contribution >= 0.6 is 0 Å². The third kappa shape index (κ3) is 5.31. The highest BCUT2D eigenvalue weighted by molar-refractivity contribution is 7.89. The molecule has 2 aliphatic rings. The zero-order valence-corrected chi connectivity index (χ0v) is 13.4. The summed E-state index contributed by atoms with van der Waals surface area (Å²) < 4.78 is 27.3. The lowest BCUT2D eigenvalue weighted by Gasteiger charge is -2.30. The van der Waals surface area contributed by atoms with Crippen molar-refractivity contribution in [3.8, 4) is 0 Å². The van der Waals surface area contributed by atoms with E-state index in [9.17, 15) is 8.42 Å². The van der Waals surface area contributed by atoms with Crippen molar-refractivity contribution >= 4 is 10.0 Å². The first-order valence-electron chi connectivity index (χ1n) is 8.02. The number of rotatable bonds is 6. The number of nitrogens with zero attached hydrogens (tertiary/aromatic N) is 1. The van der Waals surface area contributed by atoms with Crippen LogP contribution in [0.3, 0.4) is 0 Å². The van der Waals surface area contributed by atoms with Crippen LogP contribution < -0.4 is 10.0 Å². The number of piperazine rings is 1. The Hall–Kier alpha value is -0.170. The highest BCUT2D eigenvalue weighted by Crippen LogP contribution is 2.26. The van der Waals surface area contributed by atoms with Gasteiger partial charge < -0.3 is 5.32 Å². The van der Waals surface area contributed by atoms with E-state index >= 15 is 0 Å². The Kier molecular flexibility index (Phi) is 6.26. The molecule has 1 saturated heterocycles. The van der Waals surface area contributed by atoms with Crippen LogP contribution in [-0.4, -0.2) is 57.8 Å². The molecule has 0 aromatic heterocycles. The first-order valence-corrected chi connectivity index (χ1v) is 9.67. The van der Waals surface area contributed by atoms with Crippen LogP contribution in [0.15, 0.2) is 0 Å². The third-order valence-corrected chi connectivity index (χ3v) is 6.00. The Morgan fingerprint density at radius 2 is 2.00 bits per heavy atom. The summed E-state index contributed by atoms with van der Waals surface area (Å²) in [5.41, 5.74) is 0. The van der Waals surface area contributed by atoms with Crippen LogP contribution in [0.2, 0.25) is 0 Å². The van der Waals surface area contributed by atoms with Crippen molar-refractivity contribution < 1.29 is 8.42 Å². The van der Waals surface area contributed by atoms with Gasteiger partial charge in [-0.05, 0) is 18.8 Å². The zero-order chi connectivity index (χ0) is 14.4. The molecule has 0 radical (unpaired) electrons. The molecular weight excluding hydrogens is 274 g/mol.